The van der Waals surface area contributed by atoms with Gasteiger partial charge in [-0.25, -0.2) is 0 Å². The summed E-state index contributed by atoms with van der Waals surface area (Å²) in [5, 5.41) is 11.8. The summed E-state index contributed by atoms with van der Waals surface area (Å²) in [4.78, 5) is 12.1. The number of hydrogen-bond donors (Lipinski definition) is 2. The Morgan fingerprint density at radius 3 is 3.06 bits per heavy atom. The second kappa shape index (κ2) is 5.60. The third-order valence-electron chi connectivity index (χ3n) is 2.14. The summed E-state index contributed by atoms with van der Waals surface area (Å²) in [6.07, 6.45) is 1.55. The molecule has 2 aromatic rings. The highest BCUT2D eigenvalue weighted by Gasteiger charge is 2.05. The Morgan fingerprint density at radius 2 is 2.35 bits per heavy atom. The minimum atomic E-state index is -0.0545. The highest BCUT2D eigenvalue weighted by Crippen LogP contribution is 2.21. The van der Waals surface area contributed by atoms with Gasteiger partial charge in [0.2, 0.25) is 5.91 Å². The summed E-state index contributed by atoms with van der Waals surface area (Å²) in [6, 6.07) is 3.72. The molecule has 0 saturated heterocycles. The number of rotatable bonds is 5. The molecule has 0 radical (unpaired) electrons. The van der Waals surface area contributed by atoms with E-state index in [2.05, 4.69) is 15.8 Å². The zero-order chi connectivity index (χ0) is 12.1. The number of hydrogen-bond acceptors (Lipinski definition) is 5. The number of amides is 1. The molecule has 90 valence electrons. The molecule has 0 atom stereocenters. The molecule has 0 bridgehead atoms. The first-order valence-electron chi connectivity index (χ1n) is 5.19. The van der Waals surface area contributed by atoms with Crippen molar-refractivity contribution >= 4 is 22.9 Å². The molecule has 0 aliphatic carbocycles. The quantitative estimate of drug-likeness (QED) is 0.852. The van der Waals surface area contributed by atoms with E-state index in [1.54, 1.807) is 17.6 Å². The first-order valence-corrected chi connectivity index (χ1v) is 6.07. The summed E-state index contributed by atoms with van der Waals surface area (Å²) in [7, 11) is 0. The number of carbonyl (C=O) groups is 1. The van der Waals surface area contributed by atoms with Gasteiger partial charge in [-0.15, -0.1) is 11.3 Å². The normalized spacial score (nSPS) is 10.4. The van der Waals surface area contributed by atoms with Gasteiger partial charge >= 0.3 is 0 Å². The number of aromatic nitrogens is 1. The lowest BCUT2D eigenvalue weighted by atomic mass is 10.3. The number of carbonyl (C=O) groups excluding carboxylic acids is 1. The molecule has 2 N–H and O–H groups in total. The van der Waals surface area contributed by atoms with Crippen molar-refractivity contribution in [2.45, 2.75) is 20.0 Å². The Labute approximate surface area is 103 Å². The van der Waals surface area contributed by atoms with Crippen molar-refractivity contribution in [2.75, 3.05) is 5.32 Å². The van der Waals surface area contributed by atoms with Crippen LogP contribution in [-0.4, -0.2) is 11.1 Å². The molecule has 0 spiro atoms. The van der Waals surface area contributed by atoms with Crippen LogP contribution in [0.4, 0.5) is 5.69 Å². The Bertz CT molecular complexity index is 479. The highest BCUT2D eigenvalue weighted by atomic mass is 32.1. The second-order valence-corrected chi connectivity index (χ2v) is 4.53. The Kier molecular flexibility index (Phi) is 3.89. The summed E-state index contributed by atoms with van der Waals surface area (Å²) < 4.78 is 4.73. The molecule has 2 aromatic heterocycles. The van der Waals surface area contributed by atoms with E-state index in [4.69, 9.17) is 4.52 Å². The molecule has 0 aliphatic heterocycles. The number of nitrogens with one attached hydrogen (secondary N) is 2. The number of anilines is 1. The molecule has 1 amide bonds. The van der Waals surface area contributed by atoms with E-state index in [-0.39, 0.29) is 5.91 Å². The van der Waals surface area contributed by atoms with Gasteiger partial charge in [-0.2, -0.15) is 0 Å². The first-order chi connectivity index (χ1) is 8.25. The van der Waals surface area contributed by atoms with Crippen LogP contribution < -0.4 is 10.6 Å². The van der Waals surface area contributed by atoms with Gasteiger partial charge in [0.25, 0.3) is 0 Å². The molecule has 0 aliphatic rings. The lowest BCUT2D eigenvalue weighted by Crippen LogP contribution is -2.14. The summed E-state index contributed by atoms with van der Waals surface area (Å²) >= 11 is 1.61. The maximum Gasteiger partial charge on any atom is 0.221 e. The fraction of sp³-hybridized carbons (Fsp3) is 0.273. The predicted molar refractivity (Wildman–Crippen MR) is 65.7 cm³/mol. The number of nitrogens with zero attached hydrogens (tertiary/aromatic N) is 1. The van der Waals surface area contributed by atoms with E-state index in [0.717, 1.165) is 16.3 Å². The summed E-state index contributed by atoms with van der Waals surface area (Å²) in [5.74, 6) is -0.0545. The van der Waals surface area contributed by atoms with Crippen molar-refractivity contribution in [1.29, 1.82) is 0 Å². The zero-order valence-electron chi connectivity index (χ0n) is 9.40. The molecular weight excluding hydrogens is 238 g/mol. The molecule has 2 heterocycles. The van der Waals surface area contributed by atoms with Crippen LogP contribution in [0, 0.1) is 0 Å². The Morgan fingerprint density at radius 1 is 1.47 bits per heavy atom. The van der Waals surface area contributed by atoms with Crippen LogP contribution in [0.1, 0.15) is 17.5 Å². The fourth-order valence-corrected chi connectivity index (χ4v) is 2.21. The maximum atomic E-state index is 11.0. The highest BCUT2D eigenvalue weighted by molar-refractivity contribution is 7.10. The molecule has 2 rings (SSSR count). The molecule has 5 nitrogen and oxygen atoms in total. The minimum absolute atomic E-state index is 0.0545. The average molecular weight is 251 g/mol. The zero-order valence-corrected chi connectivity index (χ0v) is 10.2. The van der Waals surface area contributed by atoms with Crippen LogP contribution in [0.2, 0.25) is 0 Å². The van der Waals surface area contributed by atoms with E-state index < -0.39 is 0 Å². The summed E-state index contributed by atoms with van der Waals surface area (Å²) in [6.45, 7) is 2.85. The van der Waals surface area contributed by atoms with Crippen molar-refractivity contribution in [1.82, 2.24) is 10.5 Å². The van der Waals surface area contributed by atoms with Crippen LogP contribution >= 0.6 is 11.3 Å². The third kappa shape index (κ3) is 3.40. The maximum absolute atomic E-state index is 11.0. The summed E-state index contributed by atoms with van der Waals surface area (Å²) in [5.41, 5.74) is 1.73. The average Bonchev–Trinajstić information content (AvgIpc) is 2.90. The van der Waals surface area contributed by atoms with Gasteiger partial charge in [0.05, 0.1) is 11.4 Å². The monoisotopic (exact) mass is 251 g/mol. The fourth-order valence-electron chi connectivity index (χ4n) is 1.41. The van der Waals surface area contributed by atoms with Gasteiger partial charge in [0.15, 0.2) is 0 Å². The van der Waals surface area contributed by atoms with Crippen molar-refractivity contribution in [3.8, 4) is 0 Å². The Balaban J connectivity index is 1.86. The third-order valence-corrected chi connectivity index (χ3v) is 3.06. The van der Waals surface area contributed by atoms with Crippen LogP contribution in [0.15, 0.2) is 28.3 Å². The largest absolute Gasteiger partial charge is 0.364 e. The van der Waals surface area contributed by atoms with Gasteiger partial charge in [-0.3, -0.25) is 4.79 Å². The molecule has 17 heavy (non-hydrogen) atoms. The molecule has 0 saturated carbocycles. The second-order valence-electron chi connectivity index (χ2n) is 3.53. The van der Waals surface area contributed by atoms with Crippen LogP contribution in [0.25, 0.3) is 0 Å². The molecule has 0 unspecified atom stereocenters. The molecular formula is C11H13N3O2S. The van der Waals surface area contributed by atoms with E-state index >= 15 is 0 Å². The first kappa shape index (κ1) is 11.8. The van der Waals surface area contributed by atoms with Gasteiger partial charge in [0.1, 0.15) is 6.26 Å². The molecule has 6 heteroatoms. The number of thiophene rings is 1. The van der Waals surface area contributed by atoms with Gasteiger partial charge < -0.3 is 15.2 Å². The van der Waals surface area contributed by atoms with Gasteiger partial charge in [0, 0.05) is 31.0 Å². The smallest absolute Gasteiger partial charge is 0.221 e. The van der Waals surface area contributed by atoms with E-state index in [9.17, 15) is 4.79 Å². The lowest BCUT2D eigenvalue weighted by molar-refractivity contribution is -0.114. The van der Waals surface area contributed by atoms with Crippen molar-refractivity contribution in [2.24, 2.45) is 0 Å². The van der Waals surface area contributed by atoms with Crippen LogP contribution in [0.3, 0.4) is 0 Å². The SMILES string of the molecule is CC(=O)Nc1ccsc1CNCc1ccon1. The van der Waals surface area contributed by atoms with Gasteiger partial charge in [-0.1, -0.05) is 5.16 Å². The van der Waals surface area contributed by atoms with Gasteiger partial charge in [-0.05, 0) is 11.4 Å². The molecule has 0 aromatic carbocycles. The van der Waals surface area contributed by atoms with Crippen molar-refractivity contribution in [3.63, 3.8) is 0 Å². The van der Waals surface area contributed by atoms with Crippen molar-refractivity contribution < 1.29 is 9.32 Å². The Hall–Kier alpha value is -1.66. The van der Waals surface area contributed by atoms with E-state index in [1.807, 2.05) is 17.5 Å². The van der Waals surface area contributed by atoms with E-state index in [0.29, 0.717) is 13.1 Å². The topological polar surface area (TPSA) is 67.2 Å². The van der Waals surface area contributed by atoms with Crippen LogP contribution in [-0.2, 0) is 17.9 Å². The molecule has 0 fully saturated rings. The standard InChI is InChI=1S/C11H13N3O2S/c1-8(15)13-10-3-5-17-11(10)7-12-6-9-2-4-16-14-9/h2-5,12H,6-7H2,1H3,(H,13,15). The predicted octanol–water partition coefficient (Wildman–Crippen LogP) is 1.98. The minimum Gasteiger partial charge on any atom is -0.364 e. The lowest BCUT2D eigenvalue weighted by Gasteiger charge is -2.04. The van der Waals surface area contributed by atoms with Crippen molar-refractivity contribution in [3.05, 3.63) is 34.3 Å². The van der Waals surface area contributed by atoms with Crippen LogP contribution in [0.5, 0.6) is 0 Å². The van der Waals surface area contributed by atoms with E-state index in [1.165, 1.54) is 6.92 Å².